The highest BCUT2D eigenvalue weighted by Gasteiger charge is 2.42. The fourth-order valence-corrected chi connectivity index (χ4v) is 8.84. The van der Waals surface area contributed by atoms with Crippen molar-refractivity contribution >= 4 is 77.3 Å². The van der Waals surface area contributed by atoms with Gasteiger partial charge in [0.25, 0.3) is 10.0 Å². The minimum Gasteiger partial charge on any atom is -0.282 e. The van der Waals surface area contributed by atoms with E-state index in [1.54, 1.807) is 35.1 Å². The van der Waals surface area contributed by atoms with Gasteiger partial charge in [-0.3, -0.25) is 14.7 Å². The van der Waals surface area contributed by atoms with Crippen molar-refractivity contribution in [2.75, 3.05) is 17.7 Å². The Hall–Kier alpha value is -2.02. The first kappa shape index (κ1) is 24.7. The summed E-state index contributed by atoms with van der Waals surface area (Å²) in [4.78, 5) is 25.6. The van der Waals surface area contributed by atoms with Gasteiger partial charge in [-0.2, -0.15) is 4.31 Å². The minimum atomic E-state index is -3.85. The van der Waals surface area contributed by atoms with Gasteiger partial charge in [0.05, 0.1) is 21.1 Å². The predicted octanol–water partition coefficient (Wildman–Crippen LogP) is 5.51. The van der Waals surface area contributed by atoms with Gasteiger partial charge in [-0.1, -0.05) is 29.0 Å². The fourth-order valence-electron chi connectivity index (χ4n) is 4.06. The van der Waals surface area contributed by atoms with E-state index in [4.69, 9.17) is 16.6 Å². The van der Waals surface area contributed by atoms with Gasteiger partial charge in [0.15, 0.2) is 5.13 Å². The van der Waals surface area contributed by atoms with Crippen molar-refractivity contribution in [1.29, 1.82) is 0 Å². The molecule has 1 aromatic carbocycles. The van der Waals surface area contributed by atoms with Crippen LogP contribution in [0.25, 0.3) is 10.2 Å². The first-order chi connectivity index (χ1) is 16.9. The summed E-state index contributed by atoms with van der Waals surface area (Å²) >= 11 is 10.1. The summed E-state index contributed by atoms with van der Waals surface area (Å²) in [5, 5.41) is 0.538. The van der Waals surface area contributed by atoms with Crippen LogP contribution in [0.5, 0.6) is 0 Å². The van der Waals surface area contributed by atoms with Gasteiger partial charge in [0, 0.05) is 23.8 Å². The van der Waals surface area contributed by atoms with Crippen LogP contribution in [-0.4, -0.2) is 47.4 Å². The van der Waals surface area contributed by atoms with Crippen molar-refractivity contribution < 1.29 is 13.2 Å². The SMILES string of the molecule is CSc1ccc2nc(N(Cc3cccnc3)C(=O)C3CCCN3S(=O)(=O)c3ccc(Cl)s3)sc2c1. The number of hydrogen-bond donors (Lipinski definition) is 0. The number of sulfonamides is 1. The number of pyridine rings is 1. The molecule has 12 heteroatoms. The lowest BCUT2D eigenvalue weighted by molar-refractivity contribution is -0.121. The fraction of sp³-hybridized carbons (Fsp3) is 0.261. The molecule has 0 spiro atoms. The van der Waals surface area contributed by atoms with E-state index in [1.807, 2.05) is 30.5 Å². The molecule has 1 amide bonds. The first-order valence-electron chi connectivity index (χ1n) is 10.8. The van der Waals surface area contributed by atoms with Crippen LogP contribution in [0, 0.1) is 0 Å². The van der Waals surface area contributed by atoms with Crippen molar-refractivity contribution in [3.8, 4) is 0 Å². The second kappa shape index (κ2) is 10.2. The molecule has 35 heavy (non-hydrogen) atoms. The van der Waals surface area contributed by atoms with Gasteiger partial charge in [-0.25, -0.2) is 13.4 Å². The quantitative estimate of drug-likeness (QED) is 0.275. The van der Waals surface area contributed by atoms with Crippen molar-refractivity contribution in [2.45, 2.75) is 34.5 Å². The third-order valence-electron chi connectivity index (χ3n) is 5.74. The molecule has 0 aliphatic carbocycles. The first-order valence-corrected chi connectivity index (χ1v) is 15.5. The van der Waals surface area contributed by atoms with Crippen molar-refractivity contribution in [3.63, 3.8) is 0 Å². The molecule has 1 aliphatic rings. The van der Waals surface area contributed by atoms with Crippen LogP contribution < -0.4 is 4.90 Å². The molecule has 1 saturated heterocycles. The highest BCUT2D eigenvalue weighted by molar-refractivity contribution is 7.98. The van der Waals surface area contributed by atoms with Crippen LogP contribution in [0.4, 0.5) is 5.13 Å². The molecular formula is C23H21ClN4O3S4. The van der Waals surface area contributed by atoms with Crippen LogP contribution in [0.2, 0.25) is 4.34 Å². The minimum absolute atomic E-state index is 0.144. The van der Waals surface area contributed by atoms with Gasteiger partial charge >= 0.3 is 0 Å². The van der Waals surface area contributed by atoms with Gasteiger partial charge < -0.3 is 0 Å². The zero-order valence-electron chi connectivity index (χ0n) is 18.6. The van der Waals surface area contributed by atoms with Crippen molar-refractivity contribution in [2.24, 2.45) is 0 Å². The number of aromatic nitrogens is 2. The Morgan fingerprint density at radius 1 is 1.26 bits per heavy atom. The second-order valence-corrected chi connectivity index (χ2v) is 13.7. The second-order valence-electron chi connectivity index (χ2n) is 7.95. The van der Waals surface area contributed by atoms with E-state index in [-0.39, 0.29) is 23.2 Å². The molecule has 5 rings (SSSR count). The summed E-state index contributed by atoms with van der Waals surface area (Å²) in [6.07, 6.45) is 6.44. The molecule has 4 aromatic rings. The lowest BCUT2D eigenvalue weighted by Crippen LogP contribution is -2.47. The van der Waals surface area contributed by atoms with E-state index in [0.29, 0.717) is 22.3 Å². The molecule has 7 nitrogen and oxygen atoms in total. The maximum Gasteiger partial charge on any atom is 0.253 e. The molecular weight excluding hydrogens is 544 g/mol. The molecule has 0 radical (unpaired) electrons. The van der Waals surface area contributed by atoms with E-state index < -0.39 is 16.1 Å². The Morgan fingerprint density at radius 3 is 2.83 bits per heavy atom. The Bertz CT molecular complexity index is 1470. The Morgan fingerprint density at radius 2 is 2.11 bits per heavy atom. The molecule has 1 aliphatic heterocycles. The molecule has 1 atom stereocenters. The molecule has 0 N–H and O–H groups in total. The van der Waals surface area contributed by atoms with Crippen LogP contribution >= 0.6 is 46.0 Å². The summed E-state index contributed by atoms with van der Waals surface area (Å²) in [7, 11) is -3.85. The zero-order valence-corrected chi connectivity index (χ0v) is 22.6. The molecule has 3 aromatic heterocycles. The van der Waals surface area contributed by atoms with Crippen molar-refractivity contribution in [3.05, 3.63) is 64.8 Å². The number of carbonyl (C=O) groups excluding carboxylic acids is 1. The van der Waals surface area contributed by atoms with Crippen molar-refractivity contribution in [1.82, 2.24) is 14.3 Å². The molecule has 1 fully saturated rings. The van der Waals surface area contributed by atoms with Gasteiger partial charge in [0.1, 0.15) is 10.3 Å². The number of thiazole rings is 1. The average molecular weight is 565 g/mol. The number of thioether (sulfide) groups is 1. The van der Waals surface area contributed by atoms with E-state index >= 15 is 0 Å². The van der Waals surface area contributed by atoms with Gasteiger partial charge in [-0.05, 0) is 61.1 Å². The Labute approximate surface area is 220 Å². The van der Waals surface area contributed by atoms with E-state index in [0.717, 1.165) is 32.0 Å². The zero-order chi connectivity index (χ0) is 24.6. The number of halogens is 1. The predicted molar refractivity (Wildman–Crippen MR) is 143 cm³/mol. The third kappa shape index (κ3) is 4.98. The number of amides is 1. The highest BCUT2D eigenvalue weighted by atomic mass is 35.5. The van der Waals surface area contributed by atoms with Gasteiger partial charge in [-0.15, -0.1) is 23.1 Å². The van der Waals surface area contributed by atoms with E-state index in [1.165, 1.54) is 21.7 Å². The highest BCUT2D eigenvalue weighted by Crippen LogP contribution is 2.36. The Kier molecular flexibility index (Phi) is 7.16. The van der Waals surface area contributed by atoms with Crippen LogP contribution in [0.15, 0.2) is 64.0 Å². The molecule has 0 saturated carbocycles. The number of anilines is 1. The number of benzene rings is 1. The number of fused-ring (bicyclic) bond motifs is 1. The maximum absolute atomic E-state index is 14.0. The summed E-state index contributed by atoms with van der Waals surface area (Å²) in [5.74, 6) is -0.290. The summed E-state index contributed by atoms with van der Waals surface area (Å²) in [6, 6.07) is 11.9. The van der Waals surface area contributed by atoms with Crippen LogP contribution in [-0.2, 0) is 21.4 Å². The summed E-state index contributed by atoms with van der Waals surface area (Å²) in [5.41, 5.74) is 1.64. The normalized spacial score (nSPS) is 16.7. The Balaban J connectivity index is 1.52. The van der Waals surface area contributed by atoms with Crippen LogP contribution in [0.3, 0.4) is 0 Å². The van der Waals surface area contributed by atoms with E-state index in [2.05, 4.69) is 11.1 Å². The number of thiophene rings is 1. The molecule has 182 valence electrons. The number of nitrogens with zero attached hydrogens (tertiary/aromatic N) is 4. The largest absolute Gasteiger partial charge is 0.282 e. The average Bonchev–Trinajstić information content (AvgIpc) is 3.61. The number of rotatable bonds is 7. The van der Waals surface area contributed by atoms with Crippen LogP contribution in [0.1, 0.15) is 18.4 Å². The lowest BCUT2D eigenvalue weighted by atomic mass is 10.2. The monoisotopic (exact) mass is 564 g/mol. The van der Waals surface area contributed by atoms with Gasteiger partial charge in [0.2, 0.25) is 5.91 Å². The molecule has 0 bridgehead atoms. The third-order valence-corrected chi connectivity index (χ3v) is 11.1. The number of hydrogen-bond acceptors (Lipinski definition) is 8. The summed E-state index contributed by atoms with van der Waals surface area (Å²) < 4.78 is 29.6. The molecule has 1 unspecified atom stereocenters. The standard InChI is InChI=1S/C23H21ClN4O3S4/c1-32-16-6-7-17-19(12-16)33-23(26-17)27(14-15-4-2-10-25-13-15)22(29)18-5-3-11-28(18)35(30,31)21-9-8-20(24)34-21/h2,4,6-10,12-13,18H,3,5,11,14H2,1H3. The number of carbonyl (C=O) groups is 1. The summed E-state index contributed by atoms with van der Waals surface area (Å²) in [6.45, 7) is 0.531. The lowest BCUT2D eigenvalue weighted by Gasteiger charge is -2.28. The smallest absolute Gasteiger partial charge is 0.253 e. The van der Waals surface area contributed by atoms with E-state index in [9.17, 15) is 13.2 Å². The molecule has 4 heterocycles. The topological polar surface area (TPSA) is 83.5 Å². The maximum atomic E-state index is 14.0.